The molecule has 0 aromatic carbocycles. The van der Waals surface area contributed by atoms with Crippen molar-refractivity contribution in [2.45, 2.75) is 51.8 Å². The van der Waals surface area contributed by atoms with E-state index in [-0.39, 0.29) is 0 Å². The van der Waals surface area contributed by atoms with Crippen molar-refractivity contribution in [3.05, 3.63) is 0 Å². The van der Waals surface area contributed by atoms with E-state index < -0.39 is 0 Å². The highest BCUT2D eigenvalue weighted by atomic mass is 35.5. The number of hydrogen-bond acceptors (Lipinski definition) is 0. The quantitative estimate of drug-likeness (QED) is 0.490. The van der Waals surface area contributed by atoms with Gasteiger partial charge < -0.3 is 0 Å². The lowest BCUT2D eigenvalue weighted by molar-refractivity contribution is 0.182. The van der Waals surface area contributed by atoms with Gasteiger partial charge >= 0.3 is 0 Å². The van der Waals surface area contributed by atoms with Crippen LogP contribution in [0.15, 0.2) is 0 Å². The predicted molar refractivity (Wildman–Crippen MR) is 51.1 cm³/mol. The SMILES string of the molecule is CC(C)(C)C1CCCC(Cl)C1. The average molecular weight is 175 g/mol. The average Bonchev–Trinajstić information content (AvgIpc) is 1.86. The Kier molecular flexibility index (Phi) is 2.85. The molecule has 0 aromatic heterocycles. The minimum atomic E-state index is 0.452. The Hall–Kier alpha value is 0.290. The molecule has 11 heavy (non-hydrogen) atoms. The molecule has 1 aliphatic carbocycles. The summed E-state index contributed by atoms with van der Waals surface area (Å²) in [5.41, 5.74) is 0.466. The minimum Gasteiger partial charge on any atom is -0.123 e. The Balaban J connectivity index is 2.46. The molecule has 0 nitrogen and oxygen atoms in total. The van der Waals surface area contributed by atoms with Crippen molar-refractivity contribution < 1.29 is 0 Å². The van der Waals surface area contributed by atoms with Gasteiger partial charge in [0.25, 0.3) is 0 Å². The minimum absolute atomic E-state index is 0.452. The zero-order valence-corrected chi connectivity index (χ0v) is 8.62. The number of alkyl halides is 1. The molecule has 0 aliphatic heterocycles. The molecule has 0 amide bonds. The standard InChI is InChI=1S/C10H19Cl/c1-10(2,3)8-5-4-6-9(11)7-8/h8-9H,4-7H2,1-3H3. The highest BCUT2D eigenvalue weighted by molar-refractivity contribution is 6.20. The van der Waals surface area contributed by atoms with Crippen molar-refractivity contribution in [2.24, 2.45) is 11.3 Å². The highest BCUT2D eigenvalue weighted by Gasteiger charge is 2.29. The van der Waals surface area contributed by atoms with E-state index in [1.165, 1.54) is 25.7 Å². The summed E-state index contributed by atoms with van der Waals surface area (Å²) in [5.74, 6) is 0.846. The third-order valence-corrected chi connectivity index (χ3v) is 3.23. The maximum absolute atomic E-state index is 6.12. The van der Waals surface area contributed by atoms with E-state index in [9.17, 15) is 0 Å². The Labute approximate surface area is 75.3 Å². The van der Waals surface area contributed by atoms with E-state index in [4.69, 9.17) is 11.6 Å². The highest BCUT2D eigenvalue weighted by Crippen LogP contribution is 2.39. The molecule has 0 bridgehead atoms. The summed E-state index contributed by atoms with van der Waals surface area (Å²) < 4.78 is 0. The van der Waals surface area contributed by atoms with Gasteiger partial charge in [-0.25, -0.2) is 0 Å². The van der Waals surface area contributed by atoms with Crippen molar-refractivity contribution in [3.8, 4) is 0 Å². The molecule has 0 spiro atoms. The van der Waals surface area contributed by atoms with Crippen LogP contribution in [0.4, 0.5) is 0 Å². The molecule has 0 radical (unpaired) electrons. The second kappa shape index (κ2) is 3.35. The summed E-state index contributed by atoms with van der Waals surface area (Å²) in [4.78, 5) is 0. The third kappa shape index (κ3) is 2.66. The molecule has 1 fully saturated rings. The molecular formula is C10H19Cl. The van der Waals surface area contributed by atoms with E-state index in [0.29, 0.717) is 10.8 Å². The first kappa shape index (κ1) is 9.38. The Morgan fingerprint density at radius 2 is 1.82 bits per heavy atom. The van der Waals surface area contributed by atoms with Gasteiger partial charge in [-0.1, -0.05) is 27.2 Å². The zero-order chi connectivity index (χ0) is 8.48. The third-order valence-electron chi connectivity index (χ3n) is 2.83. The second-order valence-corrected chi connectivity index (χ2v) is 5.44. The van der Waals surface area contributed by atoms with E-state index in [1.54, 1.807) is 0 Å². The Morgan fingerprint density at radius 3 is 2.18 bits per heavy atom. The van der Waals surface area contributed by atoms with Gasteiger partial charge in [-0.2, -0.15) is 0 Å². The maximum Gasteiger partial charge on any atom is 0.0338 e. The summed E-state index contributed by atoms with van der Waals surface area (Å²) >= 11 is 6.12. The van der Waals surface area contributed by atoms with Gasteiger partial charge in [0, 0.05) is 5.38 Å². The molecule has 0 saturated heterocycles. The summed E-state index contributed by atoms with van der Waals surface area (Å²) in [6.07, 6.45) is 5.17. The number of rotatable bonds is 0. The van der Waals surface area contributed by atoms with Crippen LogP contribution in [0.3, 0.4) is 0 Å². The van der Waals surface area contributed by atoms with Gasteiger partial charge in [0.2, 0.25) is 0 Å². The number of hydrogen-bond donors (Lipinski definition) is 0. The first-order chi connectivity index (χ1) is 5.00. The van der Waals surface area contributed by atoms with Crippen LogP contribution in [0.25, 0.3) is 0 Å². The molecule has 1 aliphatic rings. The molecule has 1 rings (SSSR count). The summed E-state index contributed by atoms with van der Waals surface area (Å²) in [6, 6.07) is 0. The number of halogens is 1. The molecule has 0 N–H and O–H groups in total. The largest absolute Gasteiger partial charge is 0.123 e. The van der Waals surface area contributed by atoms with Crippen LogP contribution in [-0.4, -0.2) is 5.38 Å². The van der Waals surface area contributed by atoms with Crippen LogP contribution < -0.4 is 0 Å². The second-order valence-electron chi connectivity index (χ2n) is 4.83. The zero-order valence-electron chi connectivity index (χ0n) is 7.86. The van der Waals surface area contributed by atoms with Crippen LogP contribution in [0.2, 0.25) is 0 Å². The summed E-state index contributed by atoms with van der Waals surface area (Å²) in [5, 5.41) is 0.452. The normalized spacial score (nSPS) is 33.8. The molecule has 2 unspecified atom stereocenters. The lowest BCUT2D eigenvalue weighted by Gasteiger charge is -2.35. The van der Waals surface area contributed by atoms with Gasteiger partial charge in [-0.15, -0.1) is 11.6 Å². The smallest absolute Gasteiger partial charge is 0.0338 e. The van der Waals surface area contributed by atoms with E-state index in [0.717, 1.165) is 5.92 Å². The van der Waals surface area contributed by atoms with Crippen molar-refractivity contribution in [3.63, 3.8) is 0 Å². The molecule has 1 heteroatoms. The maximum atomic E-state index is 6.12. The van der Waals surface area contributed by atoms with Crippen LogP contribution in [-0.2, 0) is 0 Å². The Morgan fingerprint density at radius 1 is 1.18 bits per heavy atom. The summed E-state index contributed by atoms with van der Waals surface area (Å²) in [7, 11) is 0. The van der Waals surface area contributed by atoms with E-state index in [1.807, 2.05) is 0 Å². The topological polar surface area (TPSA) is 0 Å². The van der Waals surface area contributed by atoms with Crippen molar-refractivity contribution in [1.29, 1.82) is 0 Å². The van der Waals surface area contributed by atoms with Crippen molar-refractivity contribution >= 4 is 11.6 Å². The van der Waals surface area contributed by atoms with Gasteiger partial charge in [0.15, 0.2) is 0 Å². The fourth-order valence-corrected chi connectivity index (χ4v) is 2.29. The summed E-state index contributed by atoms with van der Waals surface area (Å²) in [6.45, 7) is 6.98. The molecule has 66 valence electrons. The van der Waals surface area contributed by atoms with Crippen LogP contribution in [0.1, 0.15) is 46.5 Å². The molecular weight excluding hydrogens is 156 g/mol. The molecule has 0 heterocycles. The van der Waals surface area contributed by atoms with Gasteiger partial charge in [-0.3, -0.25) is 0 Å². The monoisotopic (exact) mass is 174 g/mol. The van der Waals surface area contributed by atoms with E-state index in [2.05, 4.69) is 20.8 Å². The molecule has 2 atom stereocenters. The van der Waals surface area contributed by atoms with Gasteiger partial charge in [0.05, 0.1) is 0 Å². The van der Waals surface area contributed by atoms with Gasteiger partial charge in [-0.05, 0) is 30.6 Å². The van der Waals surface area contributed by atoms with Crippen LogP contribution in [0, 0.1) is 11.3 Å². The fraction of sp³-hybridized carbons (Fsp3) is 1.00. The lowest BCUT2D eigenvalue weighted by Crippen LogP contribution is -2.27. The van der Waals surface area contributed by atoms with Crippen molar-refractivity contribution in [1.82, 2.24) is 0 Å². The van der Waals surface area contributed by atoms with Crippen molar-refractivity contribution in [2.75, 3.05) is 0 Å². The van der Waals surface area contributed by atoms with Gasteiger partial charge in [0.1, 0.15) is 0 Å². The predicted octanol–water partition coefficient (Wildman–Crippen LogP) is 3.83. The van der Waals surface area contributed by atoms with Crippen LogP contribution in [0.5, 0.6) is 0 Å². The van der Waals surface area contributed by atoms with Crippen LogP contribution >= 0.6 is 11.6 Å². The first-order valence-electron chi connectivity index (χ1n) is 4.64. The first-order valence-corrected chi connectivity index (χ1v) is 5.08. The Bertz CT molecular complexity index is 123. The lowest BCUT2D eigenvalue weighted by atomic mass is 9.72. The van der Waals surface area contributed by atoms with E-state index >= 15 is 0 Å². The molecule has 1 saturated carbocycles. The molecule has 0 aromatic rings. The fourth-order valence-electron chi connectivity index (χ4n) is 1.92.